The summed E-state index contributed by atoms with van der Waals surface area (Å²) in [6, 6.07) is 8.80. The van der Waals surface area contributed by atoms with Crippen LogP contribution in [0, 0.1) is 0 Å². The molecule has 90 valence electrons. The van der Waals surface area contributed by atoms with Crippen molar-refractivity contribution in [1.82, 2.24) is 15.0 Å². The Balaban J connectivity index is 1.89. The monoisotopic (exact) mass is 237 g/mol. The van der Waals surface area contributed by atoms with Crippen LogP contribution in [0.2, 0.25) is 0 Å². The smallest absolute Gasteiger partial charge is 0.0924 e. The minimum absolute atomic E-state index is 0.752. The highest BCUT2D eigenvalue weighted by atomic mass is 14.9. The molecule has 0 amide bonds. The number of imidazole rings is 1. The quantitative estimate of drug-likeness (QED) is 0.699. The zero-order valence-corrected chi connectivity index (χ0v) is 10.1. The van der Waals surface area contributed by atoms with E-state index in [1.165, 1.54) is 35.7 Å². The van der Waals surface area contributed by atoms with Gasteiger partial charge in [-0.15, -0.1) is 0 Å². The summed E-state index contributed by atoms with van der Waals surface area (Å²) in [5.74, 6) is 0.752. The number of hydrogen-bond acceptors (Lipinski definition) is 1. The summed E-state index contributed by atoms with van der Waals surface area (Å²) in [6.45, 7) is 0. The van der Waals surface area contributed by atoms with E-state index in [1.807, 2.05) is 6.20 Å². The van der Waals surface area contributed by atoms with Gasteiger partial charge in [0, 0.05) is 10.9 Å². The van der Waals surface area contributed by atoms with Gasteiger partial charge in [-0.2, -0.15) is 0 Å². The van der Waals surface area contributed by atoms with Crippen LogP contribution in [0.5, 0.6) is 0 Å². The molecule has 1 fully saturated rings. The van der Waals surface area contributed by atoms with E-state index in [0.29, 0.717) is 0 Å². The van der Waals surface area contributed by atoms with Crippen LogP contribution in [-0.2, 0) is 0 Å². The minimum Gasteiger partial charge on any atom is -0.353 e. The Morgan fingerprint density at radius 1 is 1.17 bits per heavy atom. The lowest BCUT2D eigenvalue weighted by Crippen LogP contribution is -2.08. The first-order valence-corrected chi connectivity index (χ1v) is 6.52. The van der Waals surface area contributed by atoms with Gasteiger partial charge < -0.3 is 9.97 Å². The van der Waals surface area contributed by atoms with Crippen LogP contribution in [0.4, 0.5) is 0 Å². The van der Waals surface area contributed by atoms with Gasteiger partial charge in [0.1, 0.15) is 0 Å². The Morgan fingerprint density at radius 2 is 2.11 bits per heavy atom. The molecule has 1 aliphatic carbocycles. The summed E-state index contributed by atoms with van der Waals surface area (Å²) in [5.41, 5.74) is 4.94. The van der Waals surface area contributed by atoms with Crippen molar-refractivity contribution in [3.63, 3.8) is 0 Å². The molecular weight excluding hydrogens is 222 g/mol. The molecule has 1 saturated carbocycles. The van der Waals surface area contributed by atoms with E-state index in [2.05, 4.69) is 39.2 Å². The van der Waals surface area contributed by atoms with Gasteiger partial charge >= 0.3 is 0 Å². The summed E-state index contributed by atoms with van der Waals surface area (Å²) in [7, 11) is 0. The number of nitrogens with one attached hydrogen (secondary N) is 2. The van der Waals surface area contributed by atoms with Crippen LogP contribution >= 0.6 is 0 Å². The summed E-state index contributed by atoms with van der Waals surface area (Å²) < 4.78 is 0. The van der Waals surface area contributed by atoms with E-state index in [9.17, 15) is 0 Å². The van der Waals surface area contributed by atoms with Crippen molar-refractivity contribution < 1.29 is 0 Å². The van der Waals surface area contributed by atoms with Gasteiger partial charge in [-0.3, -0.25) is 0 Å². The summed E-state index contributed by atoms with van der Waals surface area (Å²) in [6.07, 6.45) is 7.60. The maximum atomic E-state index is 4.08. The van der Waals surface area contributed by atoms with Gasteiger partial charge in [0.05, 0.1) is 23.9 Å². The highest BCUT2D eigenvalue weighted by molar-refractivity contribution is 5.88. The number of para-hydroxylation sites is 1. The SMILES string of the molecule is c1cc(C2CCC2)c2[nH]c(-c3cnc[nH]3)cc2c1. The molecule has 1 aromatic carbocycles. The molecule has 3 heteroatoms. The van der Waals surface area contributed by atoms with Gasteiger partial charge in [0.2, 0.25) is 0 Å². The van der Waals surface area contributed by atoms with E-state index >= 15 is 0 Å². The topological polar surface area (TPSA) is 44.5 Å². The van der Waals surface area contributed by atoms with Crippen LogP contribution in [0.1, 0.15) is 30.7 Å². The fourth-order valence-corrected chi connectivity index (χ4v) is 2.79. The molecule has 1 aliphatic rings. The van der Waals surface area contributed by atoms with Crippen molar-refractivity contribution in [3.05, 3.63) is 42.4 Å². The molecule has 0 unspecified atom stereocenters. The summed E-state index contributed by atoms with van der Waals surface area (Å²) in [5, 5.41) is 1.30. The molecule has 3 nitrogen and oxygen atoms in total. The van der Waals surface area contributed by atoms with Crippen molar-refractivity contribution in [2.45, 2.75) is 25.2 Å². The number of fused-ring (bicyclic) bond motifs is 1. The Kier molecular flexibility index (Phi) is 2.06. The molecular formula is C15H15N3. The van der Waals surface area contributed by atoms with E-state index in [1.54, 1.807) is 6.33 Å². The first-order valence-electron chi connectivity index (χ1n) is 6.52. The van der Waals surface area contributed by atoms with Gasteiger partial charge in [-0.05, 0) is 30.4 Å². The molecule has 0 spiro atoms. The van der Waals surface area contributed by atoms with Gasteiger partial charge in [0.25, 0.3) is 0 Å². The van der Waals surface area contributed by atoms with Crippen LogP contribution in [0.15, 0.2) is 36.8 Å². The average molecular weight is 237 g/mol. The highest BCUT2D eigenvalue weighted by Gasteiger charge is 2.22. The number of rotatable bonds is 2. The van der Waals surface area contributed by atoms with Gasteiger partial charge in [-0.1, -0.05) is 24.6 Å². The summed E-state index contributed by atoms with van der Waals surface area (Å²) >= 11 is 0. The van der Waals surface area contributed by atoms with Crippen molar-refractivity contribution in [2.24, 2.45) is 0 Å². The highest BCUT2D eigenvalue weighted by Crippen LogP contribution is 2.40. The third kappa shape index (κ3) is 1.40. The fraction of sp³-hybridized carbons (Fsp3) is 0.267. The lowest BCUT2D eigenvalue weighted by atomic mass is 9.79. The standard InChI is InChI=1S/C15H15N3/c1-3-10(4-1)12-6-2-5-11-7-13(18-15(11)12)14-8-16-9-17-14/h2,5-10,18H,1,3-4H2,(H,16,17). The zero-order chi connectivity index (χ0) is 11.9. The molecule has 3 aromatic rings. The maximum Gasteiger partial charge on any atom is 0.0924 e. The zero-order valence-electron chi connectivity index (χ0n) is 10.1. The first kappa shape index (κ1) is 9.95. The molecule has 2 aromatic heterocycles. The Hall–Kier alpha value is -2.03. The second kappa shape index (κ2) is 3.73. The lowest BCUT2D eigenvalue weighted by Gasteiger charge is -2.26. The molecule has 0 radical (unpaired) electrons. The van der Waals surface area contributed by atoms with Crippen LogP contribution in [0.3, 0.4) is 0 Å². The Labute approximate surface area is 105 Å². The van der Waals surface area contributed by atoms with E-state index in [0.717, 1.165) is 17.3 Å². The van der Waals surface area contributed by atoms with E-state index in [4.69, 9.17) is 0 Å². The number of nitrogens with zero attached hydrogens (tertiary/aromatic N) is 1. The van der Waals surface area contributed by atoms with Crippen molar-refractivity contribution in [1.29, 1.82) is 0 Å². The second-order valence-corrected chi connectivity index (χ2v) is 5.09. The largest absolute Gasteiger partial charge is 0.353 e. The normalized spacial score (nSPS) is 16.0. The van der Waals surface area contributed by atoms with Gasteiger partial charge in [-0.25, -0.2) is 4.98 Å². The Bertz CT molecular complexity index is 675. The third-order valence-corrected chi connectivity index (χ3v) is 4.02. The predicted molar refractivity (Wildman–Crippen MR) is 72.5 cm³/mol. The van der Waals surface area contributed by atoms with Crippen LogP contribution in [-0.4, -0.2) is 15.0 Å². The molecule has 0 atom stereocenters. The lowest BCUT2D eigenvalue weighted by molar-refractivity contribution is 0.422. The number of benzene rings is 1. The first-order chi connectivity index (χ1) is 8.92. The molecule has 18 heavy (non-hydrogen) atoms. The maximum absolute atomic E-state index is 4.08. The fourth-order valence-electron chi connectivity index (χ4n) is 2.79. The minimum atomic E-state index is 0.752. The second-order valence-electron chi connectivity index (χ2n) is 5.09. The summed E-state index contributed by atoms with van der Waals surface area (Å²) in [4.78, 5) is 10.8. The van der Waals surface area contributed by atoms with Crippen LogP contribution < -0.4 is 0 Å². The molecule has 2 heterocycles. The number of hydrogen-bond donors (Lipinski definition) is 2. The molecule has 0 saturated heterocycles. The number of aromatic amines is 2. The molecule has 4 rings (SSSR count). The van der Waals surface area contributed by atoms with Crippen molar-refractivity contribution in [2.75, 3.05) is 0 Å². The molecule has 0 aliphatic heterocycles. The number of aromatic nitrogens is 3. The van der Waals surface area contributed by atoms with Crippen molar-refractivity contribution in [3.8, 4) is 11.4 Å². The molecule has 0 bridgehead atoms. The van der Waals surface area contributed by atoms with E-state index < -0.39 is 0 Å². The molecule has 2 N–H and O–H groups in total. The third-order valence-electron chi connectivity index (χ3n) is 4.02. The van der Waals surface area contributed by atoms with Crippen LogP contribution in [0.25, 0.3) is 22.3 Å². The number of H-pyrrole nitrogens is 2. The predicted octanol–water partition coefficient (Wildman–Crippen LogP) is 3.83. The van der Waals surface area contributed by atoms with Gasteiger partial charge in [0.15, 0.2) is 0 Å². The average Bonchev–Trinajstić information content (AvgIpc) is 2.95. The Morgan fingerprint density at radius 3 is 2.83 bits per heavy atom. The van der Waals surface area contributed by atoms with Crippen molar-refractivity contribution >= 4 is 10.9 Å². The van der Waals surface area contributed by atoms with E-state index in [-0.39, 0.29) is 0 Å².